The van der Waals surface area contributed by atoms with Crippen molar-refractivity contribution in [3.63, 3.8) is 0 Å². The van der Waals surface area contributed by atoms with E-state index in [1.807, 2.05) is 35.2 Å². The van der Waals surface area contributed by atoms with Crippen molar-refractivity contribution in [2.24, 2.45) is 0 Å². The van der Waals surface area contributed by atoms with Gasteiger partial charge >= 0.3 is 12.3 Å². The van der Waals surface area contributed by atoms with Gasteiger partial charge in [0.15, 0.2) is 0 Å². The molecule has 1 aromatic rings. The molecule has 1 saturated heterocycles. The van der Waals surface area contributed by atoms with Crippen molar-refractivity contribution in [1.82, 2.24) is 9.80 Å². The number of hydrogen-bond donors (Lipinski definition) is 1. The molecule has 0 aliphatic carbocycles. The van der Waals surface area contributed by atoms with Crippen LogP contribution < -0.4 is 0 Å². The van der Waals surface area contributed by atoms with Crippen LogP contribution in [0.15, 0.2) is 30.3 Å². The van der Waals surface area contributed by atoms with Gasteiger partial charge in [-0.3, -0.25) is 9.80 Å². The van der Waals surface area contributed by atoms with Gasteiger partial charge in [-0.25, -0.2) is 17.6 Å². The molecule has 1 aliphatic heterocycles. The fourth-order valence-corrected chi connectivity index (χ4v) is 2.72. The monoisotopic (exact) mass is 334 g/mol. The number of aliphatic hydroxyl groups is 1. The molecule has 23 heavy (non-hydrogen) atoms. The first-order valence-electron chi connectivity index (χ1n) is 7.69. The van der Waals surface area contributed by atoms with Crippen LogP contribution in [0.25, 0.3) is 0 Å². The molecule has 1 fully saturated rings. The molecule has 0 bridgehead atoms. The average molecular weight is 334 g/mol. The second-order valence-electron chi connectivity index (χ2n) is 5.99. The van der Waals surface area contributed by atoms with Gasteiger partial charge in [0.2, 0.25) is 0 Å². The van der Waals surface area contributed by atoms with E-state index < -0.39 is 24.9 Å². The van der Waals surface area contributed by atoms with Gasteiger partial charge in [-0.05, 0) is 5.56 Å². The lowest BCUT2D eigenvalue weighted by atomic mass is 10.2. The number of nitrogens with zero attached hydrogens (tertiary/aromatic N) is 2. The zero-order chi connectivity index (χ0) is 16.9. The Morgan fingerprint density at radius 1 is 1.09 bits per heavy atom. The van der Waals surface area contributed by atoms with E-state index in [9.17, 15) is 22.7 Å². The van der Waals surface area contributed by atoms with Crippen molar-refractivity contribution in [2.45, 2.75) is 31.4 Å². The Bertz CT molecular complexity index is 472. The van der Waals surface area contributed by atoms with Gasteiger partial charge in [0, 0.05) is 45.7 Å². The molecule has 1 aromatic carbocycles. The molecule has 1 atom stereocenters. The summed E-state index contributed by atoms with van der Waals surface area (Å²) in [5.74, 6) is -3.97. The maximum atomic E-state index is 13.0. The van der Waals surface area contributed by atoms with Crippen molar-refractivity contribution < 1.29 is 22.7 Å². The van der Waals surface area contributed by atoms with Crippen LogP contribution in [0.5, 0.6) is 0 Å². The minimum atomic E-state index is -3.97. The molecule has 0 radical (unpaired) electrons. The summed E-state index contributed by atoms with van der Waals surface area (Å²) in [6, 6.07) is 9.76. The summed E-state index contributed by atoms with van der Waals surface area (Å²) in [4.78, 5) is 3.68. The summed E-state index contributed by atoms with van der Waals surface area (Å²) in [7, 11) is 0. The first-order chi connectivity index (χ1) is 10.9. The van der Waals surface area contributed by atoms with Crippen LogP contribution in [-0.4, -0.2) is 66.1 Å². The molecule has 7 heteroatoms. The third-order valence-corrected chi connectivity index (χ3v) is 4.00. The van der Waals surface area contributed by atoms with E-state index in [-0.39, 0.29) is 13.1 Å². The SMILES string of the molecule is O[C@H]1CN(CCC(F)(F)C(F)F)CCN(Cc2ccccc2)C1. The van der Waals surface area contributed by atoms with Gasteiger partial charge in [-0.2, -0.15) is 0 Å². The number of alkyl halides is 4. The summed E-state index contributed by atoms with van der Waals surface area (Å²) in [5, 5.41) is 10.0. The molecule has 1 N–H and O–H groups in total. The zero-order valence-electron chi connectivity index (χ0n) is 12.8. The fraction of sp³-hybridized carbons (Fsp3) is 0.625. The quantitative estimate of drug-likeness (QED) is 0.810. The Morgan fingerprint density at radius 2 is 1.70 bits per heavy atom. The van der Waals surface area contributed by atoms with Crippen molar-refractivity contribution in [3.05, 3.63) is 35.9 Å². The molecule has 0 aromatic heterocycles. The summed E-state index contributed by atoms with van der Waals surface area (Å²) in [6.45, 7) is 2.27. The number of rotatable bonds is 6. The van der Waals surface area contributed by atoms with Crippen molar-refractivity contribution >= 4 is 0 Å². The topological polar surface area (TPSA) is 26.7 Å². The van der Waals surface area contributed by atoms with E-state index in [0.29, 0.717) is 26.2 Å². The fourth-order valence-electron chi connectivity index (χ4n) is 2.72. The molecule has 2 rings (SSSR count). The number of benzene rings is 1. The molecule has 1 heterocycles. The van der Waals surface area contributed by atoms with Gasteiger partial charge < -0.3 is 5.11 Å². The van der Waals surface area contributed by atoms with Crippen molar-refractivity contribution in [3.8, 4) is 0 Å². The highest BCUT2D eigenvalue weighted by Crippen LogP contribution is 2.27. The van der Waals surface area contributed by atoms with Crippen LogP contribution in [0, 0.1) is 0 Å². The predicted molar refractivity (Wildman–Crippen MR) is 79.7 cm³/mol. The van der Waals surface area contributed by atoms with Crippen LogP contribution in [0.3, 0.4) is 0 Å². The van der Waals surface area contributed by atoms with E-state index >= 15 is 0 Å². The van der Waals surface area contributed by atoms with Gasteiger partial charge in [0.25, 0.3) is 0 Å². The van der Waals surface area contributed by atoms with Gasteiger partial charge in [0.1, 0.15) is 0 Å². The summed E-state index contributed by atoms with van der Waals surface area (Å²) in [5.41, 5.74) is 1.11. The highest BCUT2D eigenvalue weighted by molar-refractivity contribution is 5.14. The number of aliphatic hydroxyl groups excluding tert-OH is 1. The first-order valence-corrected chi connectivity index (χ1v) is 7.69. The van der Waals surface area contributed by atoms with E-state index in [4.69, 9.17) is 0 Å². The number of β-amino-alcohol motifs (C(OH)–C–C–N with tert-alkyl or cyclic N) is 1. The lowest BCUT2D eigenvalue weighted by Crippen LogP contribution is -2.38. The van der Waals surface area contributed by atoms with Crippen LogP contribution in [0.1, 0.15) is 12.0 Å². The molecule has 1 aliphatic rings. The van der Waals surface area contributed by atoms with Crippen LogP contribution in [0.2, 0.25) is 0 Å². The Balaban J connectivity index is 1.85. The third kappa shape index (κ3) is 5.75. The molecule has 0 spiro atoms. The molecular formula is C16H22F4N2O. The number of halogens is 4. The maximum absolute atomic E-state index is 13.0. The molecule has 3 nitrogen and oxygen atoms in total. The maximum Gasteiger partial charge on any atom is 0.308 e. The molecule has 0 unspecified atom stereocenters. The minimum Gasteiger partial charge on any atom is -0.390 e. The minimum absolute atomic E-state index is 0.145. The van der Waals surface area contributed by atoms with Crippen molar-refractivity contribution in [2.75, 3.05) is 32.7 Å². The Kier molecular flexibility index (Phi) is 6.38. The van der Waals surface area contributed by atoms with E-state index in [1.165, 1.54) is 0 Å². The lowest BCUT2D eigenvalue weighted by Gasteiger charge is -2.24. The van der Waals surface area contributed by atoms with E-state index in [2.05, 4.69) is 0 Å². The van der Waals surface area contributed by atoms with Gasteiger partial charge in [0.05, 0.1) is 6.10 Å². The first kappa shape index (κ1) is 18.2. The van der Waals surface area contributed by atoms with Crippen LogP contribution in [0.4, 0.5) is 17.6 Å². The third-order valence-electron chi connectivity index (χ3n) is 4.00. The number of hydrogen-bond acceptors (Lipinski definition) is 3. The molecule has 0 saturated carbocycles. The highest BCUT2D eigenvalue weighted by Gasteiger charge is 2.40. The summed E-state index contributed by atoms with van der Waals surface area (Å²) < 4.78 is 50.4. The van der Waals surface area contributed by atoms with Gasteiger partial charge in [-0.15, -0.1) is 0 Å². The van der Waals surface area contributed by atoms with E-state index in [0.717, 1.165) is 5.56 Å². The normalized spacial score (nSPS) is 21.6. The Hall–Kier alpha value is -1.18. The smallest absolute Gasteiger partial charge is 0.308 e. The van der Waals surface area contributed by atoms with Gasteiger partial charge in [-0.1, -0.05) is 30.3 Å². The van der Waals surface area contributed by atoms with E-state index in [1.54, 1.807) is 4.90 Å². The zero-order valence-corrected chi connectivity index (χ0v) is 12.8. The second-order valence-corrected chi connectivity index (χ2v) is 5.99. The summed E-state index contributed by atoms with van der Waals surface area (Å²) in [6.07, 6.45) is -5.22. The lowest BCUT2D eigenvalue weighted by molar-refractivity contribution is -0.135. The predicted octanol–water partition coefficient (Wildman–Crippen LogP) is 2.46. The molecule has 130 valence electrons. The van der Waals surface area contributed by atoms with Crippen LogP contribution in [-0.2, 0) is 6.54 Å². The standard InChI is InChI=1S/C16H22F4N2O/c17-15(18)16(19,20)6-7-21-8-9-22(12-14(23)11-21)10-13-4-2-1-3-5-13/h1-5,14-15,23H,6-12H2/t14-/m0/s1. The second kappa shape index (κ2) is 8.08. The molecule has 0 amide bonds. The highest BCUT2D eigenvalue weighted by atomic mass is 19.3. The average Bonchev–Trinajstić information content (AvgIpc) is 2.67. The summed E-state index contributed by atoms with van der Waals surface area (Å²) >= 11 is 0. The Morgan fingerprint density at radius 3 is 2.35 bits per heavy atom. The molecular weight excluding hydrogens is 312 g/mol. The largest absolute Gasteiger partial charge is 0.390 e. The Labute approximate surface area is 133 Å². The van der Waals surface area contributed by atoms with Crippen LogP contribution >= 0.6 is 0 Å². The van der Waals surface area contributed by atoms with Crippen molar-refractivity contribution in [1.29, 1.82) is 0 Å².